The third-order valence-corrected chi connectivity index (χ3v) is 8.84. The van der Waals surface area contributed by atoms with E-state index in [-0.39, 0.29) is 42.3 Å². The fraction of sp³-hybridized carbons (Fsp3) is 0.486. The fourth-order valence-electron chi connectivity index (χ4n) is 6.35. The van der Waals surface area contributed by atoms with Gasteiger partial charge in [0.25, 0.3) is 17.6 Å². The van der Waals surface area contributed by atoms with Crippen molar-refractivity contribution < 1.29 is 33.0 Å². The van der Waals surface area contributed by atoms with Crippen LogP contribution in [0.2, 0.25) is 0 Å². The molecule has 2 fully saturated rings. The summed E-state index contributed by atoms with van der Waals surface area (Å²) in [5.41, 5.74) is 1.73. The van der Waals surface area contributed by atoms with E-state index in [9.17, 15) is 23.6 Å². The van der Waals surface area contributed by atoms with E-state index in [1.807, 2.05) is 32.9 Å². The number of rotatable bonds is 7. The molecule has 0 atom stereocenters. The van der Waals surface area contributed by atoms with E-state index in [1.165, 1.54) is 24.1 Å². The number of hydrogen-bond donors (Lipinski definition) is 0. The van der Waals surface area contributed by atoms with Gasteiger partial charge in [-0.3, -0.25) is 19.2 Å². The van der Waals surface area contributed by atoms with Crippen LogP contribution in [0.15, 0.2) is 42.6 Å². The molecule has 0 N–H and O–H groups in total. The van der Waals surface area contributed by atoms with Gasteiger partial charge in [0.05, 0.1) is 29.7 Å². The van der Waals surface area contributed by atoms with E-state index in [0.717, 1.165) is 24.8 Å². The predicted molar refractivity (Wildman–Crippen MR) is 168 cm³/mol. The van der Waals surface area contributed by atoms with Crippen LogP contribution in [0.5, 0.6) is 5.75 Å². The third-order valence-electron chi connectivity index (χ3n) is 8.84. The quantitative estimate of drug-likeness (QED) is 0.205. The Bertz CT molecular complexity index is 1590. The molecule has 0 spiro atoms. The molecular weight excluding hydrogens is 577 g/mol. The minimum absolute atomic E-state index is 0.188. The lowest BCUT2D eigenvalue weighted by atomic mass is 9.90. The highest BCUT2D eigenvalue weighted by Gasteiger charge is 2.34. The maximum atomic E-state index is 13.8. The van der Waals surface area contributed by atoms with Crippen molar-refractivity contribution >= 4 is 34.5 Å². The molecule has 0 radical (unpaired) electrons. The first kappa shape index (κ1) is 32.2. The Morgan fingerprint density at radius 2 is 1.51 bits per heavy atom. The molecule has 0 bridgehead atoms. The number of methoxy groups -OCH3 is 1. The maximum Gasteiger partial charge on any atom is 0.309 e. The molecule has 2 amide bonds. The molecule has 240 valence electrons. The average Bonchev–Trinajstić information content (AvgIpc) is 3.35. The van der Waals surface area contributed by atoms with Crippen LogP contribution in [0.1, 0.15) is 72.7 Å². The summed E-state index contributed by atoms with van der Waals surface area (Å²) in [4.78, 5) is 56.5. The first-order valence-corrected chi connectivity index (χ1v) is 15.6. The van der Waals surface area contributed by atoms with Crippen molar-refractivity contribution in [3.8, 4) is 5.75 Å². The molecule has 45 heavy (non-hydrogen) atoms. The highest BCUT2D eigenvalue weighted by atomic mass is 19.1. The smallest absolute Gasteiger partial charge is 0.309 e. The van der Waals surface area contributed by atoms with Crippen molar-refractivity contribution in [2.45, 2.75) is 58.5 Å². The molecule has 10 heteroatoms. The van der Waals surface area contributed by atoms with E-state index in [2.05, 4.69) is 0 Å². The average molecular weight is 620 g/mol. The number of amides is 2. The zero-order chi connectivity index (χ0) is 32.5. The number of nitrogens with zero attached hydrogens (tertiary/aromatic N) is 3. The first-order valence-electron chi connectivity index (χ1n) is 15.6. The number of hydrogen-bond acceptors (Lipinski definition) is 6. The van der Waals surface area contributed by atoms with Crippen molar-refractivity contribution in [1.82, 2.24) is 14.4 Å². The van der Waals surface area contributed by atoms with Gasteiger partial charge in [0.2, 0.25) is 0 Å². The van der Waals surface area contributed by atoms with Crippen molar-refractivity contribution in [1.29, 1.82) is 0 Å². The normalized spacial score (nSPS) is 16.6. The number of halogens is 1. The number of likely N-dealkylation sites (tertiary alicyclic amines) is 2. The van der Waals surface area contributed by atoms with Gasteiger partial charge in [0.1, 0.15) is 17.2 Å². The lowest BCUT2D eigenvalue weighted by Crippen LogP contribution is -2.44. The minimum Gasteiger partial charge on any atom is -0.496 e. The molecule has 3 aromatic rings. The molecule has 3 heterocycles. The Kier molecular flexibility index (Phi) is 9.32. The molecule has 9 nitrogen and oxygen atoms in total. The summed E-state index contributed by atoms with van der Waals surface area (Å²) in [5, 5.41) is 0.509. The summed E-state index contributed by atoms with van der Waals surface area (Å²) in [6.45, 7) is 7.18. The Morgan fingerprint density at radius 3 is 2.11 bits per heavy atom. The maximum absolute atomic E-state index is 13.8. The number of ketones is 1. The molecule has 2 saturated heterocycles. The lowest BCUT2D eigenvalue weighted by molar-refractivity contribution is -0.162. The zero-order valence-electron chi connectivity index (χ0n) is 26.7. The van der Waals surface area contributed by atoms with Gasteiger partial charge in [-0.2, -0.15) is 0 Å². The second-order valence-corrected chi connectivity index (χ2v) is 13.2. The first-order chi connectivity index (χ1) is 21.3. The third kappa shape index (κ3) is 7.21. The highest BCUT2D eigenvalue weighted by molar-refractivity contribution is 6.45. The van der Waals surface area contributed by atoms with Crippen LogP contribution in [0.4, 0.5) is 4.39 Å². The van der Waals surface area contributed by atoms with Gasteiger partial charge in [-0.05, 0) is 82.6 Å². The number of fused-ring (bicyclic) bond motifs is 1. The Balaban J connectivity index is 1.29. The number of carbonyl (C=O) groups excluding carboxylic acids is 4. The van der Waals surface area contributed by atoms with Gasteiger partial charge in [-0.15, -0.1) is 0 Å². The molecule has 5 rings (SSSR count). The van der Waals surface area contributed by atoms with E-state index < -0.39 is 17.3 Å². The van der Waals surface area contributed by atoms with Crippen LogP contribution in [0.3, 0.4) is 0 Å². The van der Waals surface area contributed by atoms with Gasteiger partial charge in [0.15, 0.2) is 0 Å². The number of esters is 1. The van der Waals surface area contributed by atoms with Crippen LogP contribution < -0.4 is 4.74 Å². The number of ether oxygens (including phenoxy) is 2. The largest absolute Gasteiger partial charge is 0.496 e. The van der Waals surface area contributed by atoms with Crippen LogP contribution in [0, 0.1) is 17.7 Å². The van der Waals surface area contributed by atoms with Crippen LogP contribution >= 0.6 is 0 Å². The Morgan fingerprint density at radius 1 is 0.889 bits per heavy atom. The van der Waals surface area contributed by atoms with Crippen molar-refractivity contribution in [2.24, 2.45) is 18.9 Å². The monoisotopic (exact) mass is 619 g/mol. The zero-order valence-corrected chi connectivity index (χ0v) is 26.7. The fourth-order valence-corrected chi connectivity index (χ4v) is 6.35. The Labute approximate surface area is 263 Å². The second-order valence-electron chi connectivity index (χ2n) is 13.2. The molecule has 2 aromatic carbocycles. The van der Waals surface area contributed by atoms with E-state index in [1.54, 1.807) is 34.8 Å². The van der Waals surface area contributed by atoms with Crippen LogP contribution in [-0.4, -0.2) is 76.8 Å². The van der Waals surface area contributed by atoms with E-state index >= 15 is 0 Å². The van der Waals surface area contributed by atoms with Crippen molar-refractivity contribution in [2.75, 3.05) is 33.3 Å². The Hall–Kier alpha value is -4.21. The number of aromatic nitrogens is 1. The molecular formula is C35H42FN3O6. The summed E-state index contributed by atoms with van der Waals surface area (Å²) in [6.07, 6.45) is 4.95. The molecule has 2 aliphatic rings. The summed E-state index contributed by atoms with van der Waals surface area (Å²) >= 11 is 0. The molecule has 2 aliphatic heterocycles. The van der Waals surface area contributed by atoms with Crippen molar-refractivity contribution in [3.63, 3.8) is 0 Å². The number of aryl methyl sites for hydroxylation is 1. The van der Waals surface area contributed by atoms with Gasteiger partial charge < -0.3 is 23.8 Å². The minimum atomic E-state index is -0.651. The van der Waals surface area contributed by atoms with E-state index in [0.29, 0.717) is 54.1 Å². The summed E-state index contributed by atoms with van der Waals surface area (Å²) in [6, 6.07) is 9.96. The van der Waals surface area contributed by atoms with Gasteiger partial charge in [-0.25, -0.2) is 4.39 Å². The molecule has 0 saturated carbocycles. The predicted octanol–water partition coefficient (Wildman–Crippen LogP) is 5.18. The van der Waals surface area contributed by atoms with Crippen molar-refractivity contribution in [3.05, 3.63) is 65.1 Å². The summed E-state index contributed by atoms with van der Waals surface area (Å²) in [5.74, 6) is -1.52. The number of piperidine rings is 2. The standard InChI is InChI=1S/C35H42FN3O6/c1-35(2,3)45-34(43)24-12-16-39(17-13-24)33(42)31(40)28-21-37(4)29-20-30(44-5)27(19-26(28)29)32(41)38-14-10-23(11-15-38)18-22-6-8-25(36)9-7-22/h6-9,19-21,23-24H,10-18H2,1-5H3. The molecule has 0 unspecified atom stereocenters. The lowest BCUT2D eigenvalue weighted by Gasteiger charge is -2.32. The number of benzene rings is 2. The second kappa shape index (κ2) is 13.0. The highest BCUT2D eigenvalue weighted by Crippen LogP contribution is 2.32. The van der Waals surface area contributed by atoms with Crippen LogP contribution in [0.25, 0.3) is 10.9 Å². The number of carbonyl (C=O) groups is 4. The summed E-state index contributed by atoms with van der Waals surface area (Å²) in [7, 11) is 3.29. The molecule has 0 aliphatic carbocycles. The summed E-state index contributed by atoms with van der Waals surface area (Å²) < 4.78 is 26.2. The van der Waals surface area contributed by atoms with E-state index in [4.69, 9.17) is 9.47 Å². The van der Waals surface area contributed by atoms with Gasteiger partial charge in [0, 0.05) is 50.9 Å². The van der Waals surface area contributed by atoms with Gasteiger partial charge >= 0.3 is 5.97 Å². The molecule has 1 aromatic heterocycles. The van der Waals surface area contributed by atoms with Gasteiger partial charge in [-0.1, -0.05) is 12.1 Å². The SMILES string of the molecule is COc1cc2c(cc1C(=O)N1CCC(Cc3ccc(F)cc3)CC1)c(C(=O)C(=O)N1CCC(C(=O)OC(C)(C)C)CC1)cn2C. The topological polar surface area (TPSA) is 98.2 Å². The van der Waals surface area contributed by atoms with Crippen LogP contribution in [-0.2, 0) is 27.8 Å². The number of Topliss-reactive ketones (excluding diaryl/α,β-unsaturated/α-hetero) is 1.